The van der Waals surface area contributed by atoms with Crippen LogP contribution in [0.1, 0.15) is 26.3 Å². The number of nitrogens with one attached hydrogen (secondary N) is 1. The van der Waals surface area contributed by atoms with Gasteiger partial charge in [-0.05, 0) is 36.4 Å². The monoisotopic (exact) mass is 443 g/mol. The third kappa shape index (κ3) is 4.56. The zero-order valence-corrected chi connectivity index (χ0v) is 16.7. The summed E-state index contributed by atoms with van der Waals surface area (Å²) in [6, 6.07) is 18.8. The van der Waals surface area contributed by atoms with Crippen LogP contribution in [-0.4, -0.2) is 18.8 Å². The molecule has 0 radical (unpaired) electrons. The van der Waals surface area contributed by atoms with Crippen LogP contribution in [-0.2, 0) is 0 Å². The van der Waals surface area contributed by atoms with Gasteiger partial charge in [0.15, 0.2) is 5.78 Å². The predicted molar refractivity (Wildman–Crippen MR) is 110 cm³/mol. The highest BCUT2D eigenvalue weighted by Gasteiger charge is 2.16. The van der Waals surface area contributed by atoms with E-state index in [4.69, 9.17) is 16.3 Å². The van der Waals surface area contributed by atoms with E-state index in [0.29, 0.717) is 37.6 Å². The first-order chi connectivity index (χ1) is 13.0. The summed E-state index contributed by atoms with van der Waals surface area (Å²) in [6.07, 6.45) is 0. The van der Waals surface area contributed by atoms with Gasteiger partial charge in [0, 0.05) is 26.3 Å². The summed E-state index contributed by atoms with van der Waals surface area (Å²) in [7, 11) is 1.50. The number of benzene rings is 3. The molecule has 3 aromatic rings. The highest BCUT2D eigenvalue weighted by Crippen LogP contribution is 2.26. The van der Waals surface area contributed by atoms with Crippen LogP contribution in [0.25, 0.3) is 0 Å². The lowest BCUT2D eigenvalue weighted by atomic mass is 10.0. The predicted octanol–water partition coefficient (Wildman–Crippen LogP) is 5.59. The number of ether oxygens (including phenoxy) is 1. The Hall–Kier alpha value is -2.63. The Morgan fingerprint density at radius 2 is 1.70 bits per heavy atom. The third-order valence-electron chi connectivity index (χ3n) is 3.86. The van der Waals surface area contributed by atoms with Gasteiger partial charge in [-0.3, -0.25) is 9.59 Å². The molecule has 0 aliphatic carbocycles. The van der Waals surface area contributed by atoms with Crippen molar-refractivity contribution in [1.29, 1.82) is 0 Å². The van der Waals surface area contributed by atoms with E-state index in [0.717, 1.165) is 0 Å². The zero-order chi connectivity index (χ0) is 19.4. The van der Waals surface area contributed by atoms with E-state index in [1.165, 1.54) is 7.11 Å². The molecule has 0 bridgehead atoms. The maximum Gasteiger partial charge on any atom is 0.255 e. The molecule has 1 amide bonds. The van der Waals surface area contributed by atoms with Gasteiger partial charge in [-0.15, -0.1) is 0 Å². The van der Waals surface area contributed by atoms with Gasteiger partial charge in [-0.2, -0.15) is 0 Å². The lowest BCUT2D eigenvalue weighted by Crippen LogP contribution is -2.13. The van der Waals surface area contributed by atoms with Gasteiger partial charge in [-0.1, -0.05) is 57.9 Å². The second-order valence-corrected chi connectivity index (χ2v) is 7.07. The summed E-state index contributed by atoms with van der Waals surface area (Å²) >= 11 is 9.32. The number of carbonyl (C=O) groups excluding carboxylic acids is 2. The van der Waals surface area contributed by atoms with Crippen LogP contribution in [0.4, 0.5) is 5.69 Å². The number of hydrogen-bond acceptors (Lipinski definition) is 3. The molecule has 0 saturated carbocycles. The fourth-order valence-electron chi connectivity index (χ4n) is 2.60. The molecule has 4 nitrogen and oxygen atoms in total. The Morgan fingerprint density at radius 3 is 2.37 bits per heavy atom. The summed E-state index contributed by atoms with van der Waals surface area (Å²) in [5, 5.41) is 3.23. The second-order valence-electron chi connectivity index (χ2n) is 5.72. The van der Waals surface area contributed by atoms with Crippen molar-refractivity contribution in [2.75, 3.05) is 12.4 Å². The van der Waals surface area contributed by atoms with Crippen molar-refractivity contribution in [2.24, 2.45) is 0 Å². The highest BCUT2D eigenvalue weighted by atomic mass is 79.9. The van der Waals surface area contributed by atoms with Crippen molar-refractivity contribution in [3.05, 3.63) is 92.9 Å². The number of carbonyl (C=O) groups is 2. The highest BCUT2D eigenvalue weighted by molar-refractivity contribution is 9.10. The molecule has 6 heteroatoms. The minimum absolute atomic E-state index is 0.186. The van der Waals surface area contributed by atoms with E-state index in [2.05, 4.69) is 21.2 Å². The molecule has 0 fully saturated rings. The summed E-state index contributed by atoms with van der Waals surface area (Å²) in [4.78, 5) is 25.3. The average Bonchev–Trinajstić information content (AvgIpc) is 2.67. The van der Waals surface area contributed by atoms with E-state index in [1.54, 1.807) is 60.7 Å². The molecule has 136 valence electrons. The minimum Gasteiger partial charge on any atom is -0.496 e. The molecular formula is C21H15BrClNO3. The Kier molecular flexibility index (Phi) is 5.94. The Labute approximate surface area is 170 Å². The lowest BCUT2D eigenvalue weighted by Gasteiger charge is -2.11. The molecule has 0 unspecified atom stereocenters. The standard InChI is InChI=1S/C21H15BrClNO3/c1-27-19-8-7-17(12-18(19)20(25)13-5-3-2-4-6-13)24-21(26)14-9-15(22)11-16(23)10-14/h2-12H,1H3,(H,24,26). The minimum atomic E-state index is -0.332. The largest absolute Gasteiger partial charge is 0.496 e. The molecule has 27 heavy (non-hydrogen) atoms. The van der Waals surface area contributed by atoms with Gasteiger partial charge < -0.3 is 10.1 Å². The van der Waals surface area contributed by atoms with E-state index >= 15 is 0 Å². The SMILES string of the molecule is COc1ccc(NC(=O)c2cc(Cl)cc(Br)c2)cc1C(=O)c1ccccc1. The molecule has 0 saturated heterocycles. The molecule has 3 aromatic carbocycles. The van der Waals surface area contributed by atoms with Crippen molar-refractivity contribution in [2.45, 2.75) is 0 Å². The first-order valence-corrected chi connectivity index (χ1v) is 9.20. The number of anilines is 1. The Morgan fingerprint density at radius 1 is 0.963 bits per heavy atom. The lowest BCUT2D eigenvalue weighted by molar-refractivity contribution is 0.102. The fraction of sp³-hybridized carbons (Fsp3) is 0.0476. The second kappa shape index (κ2) is 8.37. The van der Waals surface area contributed by atoms with E-state index < -0.39 is 0 Å². The van der Waals surface area contributed by atoms with Crippen LogP contribution in [0, 0.1) is 0 Å². The van der Waals surface area contributed by atoms with E-state index in [9.17, 15) is 9.59 Å². The molecule has 0 aliphatic heterocycles. The molecule has 3 rings (SSSR count). The number of hydrogen-bond donors (Lipinski definition) is 1. The Balaban J connectivity index is 1.91. The first kappa shape index (κ1) is 19.1. The fourth-order valence-corrected chi connectivity index (χ4v) is 3.46. The number of rotatable bonds is 5. The molecular weight excluding hydrogens is 430 g/mol. The molecule has 1 N–H and O–H groups in total. The third-order valence-corrected chi connectivity index (χ3v) is 4.54. The Bertz CT molecular complexity index is 985. The summed E-state index contributed by atoms with van der Waals surface area (Å²) in [5.74, 6) is -0.0807. The molecule has 0 aromatic heterocycles. The van der Waals surface area contributed by atoms with Crippen molar-refractivity contribution in [1.82, 2.24) is 0 Å². The normalized spacial score (nSPS) is 10.3. The van der Waals surface area contributed by atoms with Crippen LogP contribution in [0.15, 0.2) is 71.2 Å². The van der Waals surface area contributed by atoms with Crippen LogP contribution in [0.3, 0.4) is 0 Å². The molecule has 0 heterocycles. The van der Waals surface area contributed by atoms with Crippen molar-refractivity contribution < 1.29 is 14.3 Å². The van der Waals surface area contributed by atoms with Crippen LogP contribution >= 0.6 is 27.5 Å². The number of methoxy groups -OCH3 is 1. The molecule has 0 aliphatic rings. The number of halogens is 2. The zero-order valence-electron chi connectivity index (χ0n) is 14.3. The topological polar surface area (TPSA) is 55.4 Å². The maximum absolute atomic E-state index is 12.8. The van der Waals surface area contributed by atoms with Gasteiger partial charge in [0.1, 0.15) is 5.75 Å². The van der Waals surface area contributed by atoms with Crippen LogP contribution < -0.4 is 10.1 Å². The smallest absolute Gasteiger partial charge is 0.255 e. The van der Waals surface area contributed by atoms with Gasteiger partial charge in [0.05, 0.1) is 12.7 Å². The number of amides is 1. The van der Waals surface area contributed by atoms with Gasteiger partial charge in [-0.25, -0.2) is 0 Å². The van der Waals surface area contributed by atoms with Crippen LogP contribution in [0.5, 0.6) is 5.75 Å². The van der Waals surface area contributed by atoms with Gasteiger partial charge >= 0.3 is 0 Å². The quantitative estimate of drug-likeness (QED) is 0.522. The van der Waals surface area contributed by atoms with Crippen molar-refractivity contribution in [3.8, 4) is 5.75 Å². The maximum atomic E-state index is 12.8. The van der Waals surface area contributed by atoms with Gasteiger partial charge in [0.2, 0.25) is 0 Å². The number of ketones is 1. The van der Waals surface area contributed by atoms with Crippen LogP contribution in [0.2, 0.25) is 5.02 Å². The molecule has 0 atom stereocenters. The van der Waals surface area contributed by atoms with E-state index in [1.807, 2.05) is 6.07 Å². The van der Waals surface area contributed by atoms with Gasteiger partial charge in [0.25, 0.3) is 5.91 Å². The summed E-state index contributed by atoms with van der Waals surface area (Å²) in [6.45, 7) is 0. The summed E-state index contributed by atoms with van der Waals surface area (Å²) < 4.78 is 6.01. The van der Waals surface area contributed by atoms with Crippen molar-refractivity contribution >= 4 is 44.9 Å². The first-order valence-electron chi connectivity index (χ1n) is 8.03. The summed E-state index contributed by atoms with van der Waals surface area (Å²) in [5.41, 5.74) is 1.80. The average molecular weight is 445 g/mol. The molecule has 0 spiro atoms. The van der Waals surface area contributed by atoms with E-state index in [-0.39, 0.29) is 11.7 Å². The van der Waals surface area contributed by atoms with Crippen molar-refractivity contribution in [3.63, 3.8) is 0 Å².